The van der Waals surface area contributed by atoms with Crippen LogP contribution in [0, 0.1) is 6.92 Å². The molecule has 0 atom stereocenters. The van der Waals surface area contributed by atoms with Crippen LogP contribution in [0.15, 0.2) is 41.6 Å². The first-order valence-corrected chi connectivity index (χ1v) is 10.6. The highest BCUT2D eigenvalue weighted by Crippen LogP contribution is 2.26. The minimum Gasteiger partial charge on any atom is -0.485 e. The Bertz CT molecular complexity index is 1040. The molecule has 0 fully saturated rings. The van der Waals surface area contributed by atoms with Crippen molar-refractivity contribution in [3.05, 3.63) is 62.9 Å². The van der Waals surface area contributed by atoms with Gasteiger partial charge in [0.2, 0.25) is 5.91 Å². The largest absolute Gasteiger partial charge is 0.485 e. The number of ether oxygens (including phenoxy) is 1. The third kappa shape index (κ3) is 5.79. The first kappa shape index (κ1) is 21.8. The van der Waals surface area contributed by atoms with Gasteiger partial charge in [-0.05, 0) is 48.9 Å². The number of rotatable bonds is 7. The summed E-state index contributed by atoms with van der Waals surface area (Å²) in [6, 6.07) is 10.3. The average Bonchev–Trinajstić information content (AvgIpc) is 3.01. The van der Waals surface area contributed by atoms with Crippen LogP contribution in [0.4, 0.5) is 5.69 Å². The molecule has 1 N–H and O–H groups in total. The molecule has 0 radical (unpaired) electrons. The van der Waals surface area contributed by atoms with Gasteiger partial charge in [-0.3, -0.25) is 4.79 Å². The molecule has 0 aliphatic rings. The van der Waals surface area contributed by atoms with Gasteiger partial charge < -0.3 is 14.6 Å². The summed E-state index contributed by atoms with van der Waals surface area (Å²) in [5, 5.41) is 13.2. The molecule has 0 saturated heterocycles. The van der Waals surface area contributed by atoms with Crippen molar-refractivity contribution in [3.63, 3.8) is 0 Å². The van der Waals surface area contributed by atoms with Crippen LogP contribution in [0.5, 0.6) is 5.75 Å². The smallest absolute Gasteiger partial charge is 0.234 e. The molecule has 1 heterocycles. The molecule has 10 heteroatoms. The summed E-state index contributed by atoms with van der Waals surface area (Å²) in [4.78, 5) is 12.2. The number of hydrogen-bond donors (Lipinski definition) is 1. The highest BCUT2D eigenvalue weighted by molar-refractivity contribution is 7.99. The second-order valence-electron chi connectivity index (χ2n) is 6.12. The Hall–Kier alpha value is -1.93. The van der Waals surface area contributed by atoms with Crippen molar-refractivity contribution in [1.29, 1.82) is 0 Å². The van der Waals surface area contributed by atoms with Gasteiger partial charge in [0.1, 0.15) is 12.4 Å². The molecule has 1 aromatic heterocycles. The van der Waals surface area contributed by atoms with E-state index in [-0.39, 0.29) is 18.3 Å². The Balaban J connectivity index is 1.55. The standard InChI is InChI=1S/C19H17Cl3N4O2S/c1-11-7-12(20)4-6-16(11)28-9-17-24-25-19(26(17)2)29-10-18(27)23-15-5-3-13(21)8-14(15)22/h3-8H,9-10H2,1-2H3,(H,23,27). The minimum absolute atomic E-state index is 0.155. The zero-order chi connectivity index (χ0) is 21.0. The number of nitrogens with zero attached hydrogens (tertiary/aromatic N) is 3. The summed E-state index contributed by atoms with van der Waals surface area (Å²) < 4.78 is 7.59. The van der Waals surface area contributed by atoms with E-state index in [1.165, 1.54) is 11.8 Å². The van der Waals surface area contributed by atoms with Crippen molar-refractivity contribution >= 4 is 58.2 Å². The van der Waals surface area contributed by atoms with Crippen molar-refractivity contribution in [2.75, 3.05) is 11.1 Å². The number of carbonyl (C=O) groups excluding carboxylic acids is 1. The van der Waals surface area contributed by atoms with E-state index in [1.54, 1.807) is 28.8 Å². The Labute approximate surface area is 187 Å². The lowest BCUT2D eigenvalue weighted by Crippen LogP contribution is -2.15. The fourth-order valence-electron chi connectivity index (χ4n) is 2.42. The number of amides is 1. The second-order valence-corrected chi connectivity index (χ2v) is 8.34. The maximum Gasteiger partial charge on any atom is 0.234 e. The number of benzene rings is 2. The number of aryl methyl sites for hydroxylation is 1. The van der Waals surface area contributed by atoms with E-state index >= 15 is 0 Å². The normalized spacial score (nSPS) is 10.8. The van der Waals surface area contributed by atoms with Crippen LogP contribution in [-0.4, -0.2) is 26.4 Å². The van der Waals surface area contributed by atoms with Gasteiger partial charge in [0.05, 0.1) is 16.5 Å². The Morgan fingerprint density at radius 1 is 1.14 bits per heavy atom. The summed E-state index contributed by atoms with van der Waals surface area (Å²) in [5.41, 5.74) is 1.44. The summed E-state index contributed by atoms with van der Waals surface area (Å²) in [6.07, 6.45) is 0. The van der Waals surface area contributed by atoms with Crippen molar-refractivity contribution < 1.29 is 9.53 Å². The molecular formula is C19H17Cl3N4O2S. The molecule has 0 aliphatic heterocycles. The first-order chi connectivity index (χ1) is 13.8. The molecule has 0 unspecified atom stereocenters. The van der Waals surface area contributed by atoms with Crippen molar-refractivity contribution in [2.45, 2.75) is 18.7 Å². The summed E-state index contributed by atoms with van der Waals surface area (Å²) in [5.74, 6) is 1.31. The van der Waals surface area contributed by atoms with Crippen LogP contribution in [0.3, 0.4) is 0 Å². The van der Waals surface area contributed by atoms with Gasteiger partial charge in [0.25, 0.3) is 0 Å². The van der Waals surface area contributed by atoms with Gasteiger partial charge in [-0.1, -0.05) is 46.6 Å². The third-order valence-electron chi connectivity index (χ3n) is 3.96. The summed E-state index contributed by atoms with van der Waals surface area (Å²) >= 11 is 19.2. The number of anilines is 1. The predicted molar refractivity (Wildman–Crippen MR) is 117 cm³/mol. The SMILES string of the molecule is Cc1cc(Cl)ccc1OCc1nnc(SCC(=O)Nc2ccc(Cl)cc2Cl)n1C. The molecule has 2 aromatic carbocycles. The van der Waals surface area contributed by atoms with Gasteiger partial charge in [0.15, 0.2) is 11.0 Å². The molecular weight excluding hydrogens is 455 g/mol. The number of halogens is 3. The quantitative estimate of drug-likeness (QED) is 0.468. The zero-order valence-electron chi connectivity index (χ0n) is 15.6. The topological polar surface area (TPSA) is 69.0 Å². The molecule has 0 aliphatic carbocycles. The third-order valence-corrected chi connectivity index (χ3v) is 5.76. The molecule has 0 saturated carbocycles. The van der Waals surface area contributed by atoms with Crippen molar-refractivity contribution in [2.24, 2.45) is 7.05 Å². The number of carbonyl (C=O) groups is 1. The van der Waals surface area contributed by atoms with E-state index in [2.05, 4.69) is 15.5 Å². The Kier molecular flexibility index (Phi) is 7.29. The lowest BCUT2D eigenvalue weighted by Gasteiger charge is -2.09. The maximum absolute atomic E-state index is 12.2. The predicted octanol–water partition coefficient (Wildman–Crippen LogP) is 5.39. The fourth-order valence-corrected chi connectivity index (χ4v) is 3.83. The molecule has 1 amide bonds. The van der Waals surface area contributed by atoms with Gasteiger partial charge in [-0.25, -0.2) is 0 Å². The average molecular weight is 472 g/mol. The number of nitrogens with one attached hydrogen (secondary N) is 1. The molecule has 6 nitrogen and oxygen atoms in total. The van der Waals surface area contributed by atoms with E-state index in [4.69, 9.17) is 39.5 Å². The van der Waals surface area contributed by atoms with Crippen molar-refractivity contribution in [3.8, 4) is 5.75 Å². The lowest BCUT2D eigenvalue weighted by molar-refractivity contribution is -0.113. The van der Waals surface area contributed by atoms with Crippen LogP contribution in [-0.2, 0) is 18.4 Å². The molecule has 152 valence electrons. The number of hydrogen-bond acceptors (Lipinski definition) is 5. The molecule has 0 spiro atoms. The Morgan fingerprint density at radius 2 is 1.86 bits per heavy atom. The fraction of sp³-hybridized carbons (Fsp3) is 0.211. The van der Waals surface area contributed by atoms with Crippen LogP contribution in [0.1, 0.15) is 11.4 Å². The van der Waals surface area contributed by atoms with Crippen LogP contribution < -0.4 is 10.1 Å². The monoisotopic (exact) mass is 470 g/mol. The Morgan fingerprint density at radius 3 is 2.59 bits per heavy atom. The van der Waals surface area contributed by atoms with E-state index in [1.807, 2.05) is 26.1 Å². The second kappa shape index (κ2) is 9.71. The lowest BCUT2D eigenvalue weighted by atomic mass is 10.2. The van der Waals surface area contributed by atoms with Gasteiger partial charge >= 0.3 is 0 Å². The molecule has 3 rings (SSSR count). The molecule has 0 bridgehead atoms. The number of aromatic nitrogens is 3. The van der Waals surface area contributed by atoms with E-state index in [0.717, 1.165) is 11.3 Å². The zero-order valence-corrected chi connectivity index (χ0v) is 18.7. The highest BCUT2D eigenvalue weighted by Gasteiger charge is 2.13. The molecule has 3 aromatic rings. The van der Waals surface area contributed by atoms with Gasteiger partial charge in [0, 0.05) is 17.1 Å². The minimum atomic E-state index is -0.211. The van der Waals surface area contributed by atoms with Crippen LogP contribution in [0.25, 0.3) is 0 Å². The maximum atomic E-state index is 12.2. The first-order valence-electron chi connectivity index (χ1n) is 8.48. The van der Waals surface area contributed by atoms with Crippen molar-refractivity contribution in [1.82, 2.24) is 14.8 Å². The van der Waals surface area contributed by atoms with E-state index in [9.17, 15) is 4.79 Å². The van der Waals surface area contributed by atoms with E-state index in [0.29, 0.717) is 31.7 Å². The number of thioether (sulfide) groups is 1. The van der Waals surface area contributed by atoms with Crippen LogP contribution >= 0.6 is 46.6 Å². The van der Waals surface area contributed by atoms with E-state index < -0.39 is 0 Å². The summed E-state index contributed by atoms with van der Waals surface area (Å²) in [6.45, 7) is 2.17. The highest BCUT2D eigenvalue weighted by atomic mass is 35.5. The van der Waals surface area contributed by atoms with Crippen LogP contribution in [0.2, 0.25) is 15.1 Å². The van der Waals surface area contributed by atoms with Gasteiger partial charge in [-0.15, -0.1) is 10.2 Å². The molecule has 29 heavy (non-hydrogen) atoms. The summed E-state index contributed by atoms with van der Waals surface area (Å²) in [7, 11) is 1.82. The van der Waals surface area contributed by atoms with Gasteiger partial charge in [-0.2, -0.15) is 0 Å².